The van der Waals surface area contributed by atoms with Crippen molar-refractivity contribution in [3.63, 3.8) is 0 Å². The summed E-state index contributed by atoms with van der Waals surface area (Å²) in [5.41, 5.74) is 2.71. The predicted molar refractivity (Wildman–Crippen MR) is 83.7 cm³/mol. The molecule has 0 saturated heterocycles. The molecule has 0 aliphatic rings. The molecule has 0 spiro atoms. The van der Waals surface area contributed by atoms with Crippen molar-refractivity contribution in [3.8, 4) is 0 Å². The Morgan fingerprint density at radius 3 is 2.65 bits per heavy atom. The van der Waals surface area contributed by atoms with Crippen molar-refractivity contribution in [3.05, 3.63) is 53.9 Å². The van der Waals surface area contributed by atoms with Gasteiger partial charge in [0.2, 0.25) is 0 Å². The lowest BCUT2D eigenvalue weighted by atomic mass is 10.0. The van der Waals surface area contributed by atoms with E-state index in [0.717, 1.165) is 32.4 Å². The van der Waals surface area contributed by atoms with Gasteiger partial charge >= 0.3 is 0 Å². The first-order valence-corrected chi connectivity index (χ1v) is 7.64. The van der Waals surface area contributed by atoms with Crippen molar-refractivity contribution in [2.45, 2.75) is 45.7 Å². The molecule has 0 aliphatic carbocycles. The van der Waals surface area contributed by atoms with Crippen molar-refractivity contribution in [2.24, 2.45) is 0 Å². The monoisotopic (exact) mass is 271 g/mol. The molecule has 0 bridgehead atoms. The number of nitrogens with zero attached hydrogens (tertiary/aromatic N) is 2. The Morgan fingerprint density at radius 2 is 1.95 bits per heavy atom. The van der Waals surface area contributed by atoms with E-state index in [4.69, 9.17) is 0 Å². The molecule has 1 aromatic carbocycles. The third kappa shape index (κ3) is 3.94. The number of benzene rings is 1. The van der Waals surface area contributed by atoms with Crippen LogP contribution in [0.15, 0.2) is 42.6 Å². The highest BCUT2D eigenvalue weighted by atomic mass is 15.3. The summed E-state index contributed by atoms with van der Waals surface area (Å²) in [6.45, 7) is 6.33. The summed E-state index contributed by atoms with van der Waals surface area (Å²) < 4.78 is 2.14. The van der Waals surface area contributed by atoms with Crippen LogP contribution in [0.3, 0.4) is 0 Å². The topological polar surface area (TPSA) is 29.9 Å². The van der Waals surface area contributed by atoms with Crippen molar-refractivity contribution in [2.75, 3.05) is 6.54 Å². The third-order valence-electron chi connectivity index (χ3n) is 3.56. The van der Waals surface area contributed by atoms with Crippen LogP contribution < -0.4 is 5.32 Å². The molecule has 1 aromatic heterocycles. The Morgan fingerprint density at radius 1 is 1.15 bits per heavy atom. The molecular weight excluding hydrogens is 246 g/mol. The maximum Gasteiger partial charge on any atom is 0.0553 e. The Labute approximate surface area is 122 Å². The van der Waals surface area contributed by atoms with Crippen LogP contribution in [0.2, 0.25) is 0 Å². The number of hydrogen-bond donors (Lipinski definition) is 1. The maximum absolute atomic E-state index is 4.44. The van der Waals surface area contributed by atoms with Gasteiger partial charge in [0, 0.05) is 18.8 Å². The van der Waals surface area contributed by atoms with E-state index < -0.39 is 0 Å². The number of rotatable bonds is 8. The standard InChI is InChI=1S/C17H25N3/c1-3-14-20-17(12-13-19-20)16(18-4-2)11-10-15-8-6-5-7-9-15/h5-9,12-13,16,18H,3-4,10-11,14H2,1-2H3. The van der Waals surface area contributed by atoms with E-state index in [0.29, 0.717) is 6.04 Å². The Hall–Kier alpha value is -1.61. The minimum atomic E-state index is 0.384. The quantitative estimate of drug-likeness (QED) is 0.795. The second-order valence-corrected chi connectivity index (χ2v) is 5.11. The molecule has 0 saturated carbocycles. The van der Waals surface area contributed by atoms with Gasteiger partial charge in [-0.2, -0.15) is 5.10 Å². The second kappa shape index (κ2) is 7.85. The minimum absolute atomic E-state index is 0.384. The van der Waals surface area contributed by atoms with Gasteiger partial charge in [0.25, 0.3) is 0 Å². The van der Waals surface area contributed by atoms with Gasteiger partial charge < -0.3 is 5.32 Å². The van der Waals surface area contributed by atoms with E-state index in [1.54, 1.807) is 0 Å². The zero-order valence-electron chi connectivity index (χ0n) is 12.5. The molecule has 1 atom stereocenters. The van der Waals surface area contributed by atoms with E-state index in [2.05, 4.69) is 65.3 Å². The second-order valence-electron chi connectivity index (χ2n) is 5.11. The SMILES string of the molecule is CCCn1nccc1C(CCc1ccccc1)NCC. The average molecular weight is 271 g/mol. The number of aromatic nitrogens is 2. The first-order valence-electron chi connectivity index (χ1n) is 7.64. The molecule has 1 unspecified atom stereocenters. The fourth-order valence-electron chi connectivity index (χ4n) is 2.59. The van der Waals surface area contributed by atoms with Crippen molar-refractivity contribution in [1.82, 2.24) is 15.1 Å². The van der Waals surface area contributed by atoms with Crippen LogP contribution in [-0.4, -0.2) is 16.3 Å². The van der Waals surface area contributed by atoms with Crippen LogP contribution in [0.5, 0.6) is 0 Å². The van der Waals surface area contributed by atoms with Crippen molar-refractivity contribution in [1.29, 1.82) is 0 Å². The summed E-state index contributed by atoms with van der Waals surface area (Å²) in [5, 5.41) is 8.03. The van der Waals surface area contributed by atoms with Crippen LogP contribution in [0.25, 0.3) is 0 Å². The van der Waals surface area contributed by atoms with E-state index in [1.165, 1.54) is 11.3 Å². The fraction of sp³-hybridized carbons (Fsp3) is 0.471. The van der Waals surface area contributed by atoms with Gasteiger partial charge in [-0.15, -0.1) is 0 Å². The summed E-state index contributed by atoms with van der Waals surface area (Å²) in [6, 6.07) is 13.2. The van der Waals surface area contributed by atoms with Gasteiger partial charge in [-0.1, -0.05) is 44.2 Å². The Bertz CT molecular complexity index is 490. The number of aryl methyl sites for hydroxylation is 2. The number of nitrogens with one attached hydrogen (secondary N) is 1. The highest BCUT2D eigenvalue weighted by Crippen LogP contribution is 2.19. The molecule has 108 valence electrons. The predicted octanol–water partition coefficient (Wildman–Crippen LogP) is 3.58. The van der Waals surface area contributed by atoms with Crippen LogP contribution >= 0.6 is 0 Å². The van der Waals surface area contributed by atoms with Gasteiger partial charge in [-0.3, -0.25) is 4.68 Å². The first-order chi connectivity index (χ1) is 9.85. The lowest BCUT2D eigenvalue weighted by Gasteiger charge is -2.19. The molecule has 2 rings (SSSR count). The number of hydrogen-bond acceptors (Lipinski definition) is 2. The molecule has 0 radical (unpaired) electrons. The lowest BCUT2D eigenvalue weighted by Crippen LogP contribution is -2.24. The van der Waals surface area contributed by atoms with Gasteiger partial charge in [-0.05, 0) is 37.4 Å². The van der Waals surface area contributed by atoms with Crippen LogP contribution in [0.4, 0.5) is 0 Å². The van der Waals surface area contributed by atoms with Gasteiger partial charge in [0.05, 0.1) is 5.69 Å². The molecule has 0 fully saturated rings. The Kier molecular flexibility index (Phi) is 5.81. The average Bonchev–Trinajstić information content (AvgIpc) is 2.93. The van der Waals surface area contributed by atoms with Crippen LogP contribution in [-0.2, 0) is 13.0 Å². The maximum atomic E-state index is 4.44. The molecule has 0 amide bonds. The van der Waals surface area contributed by atoms with Gasteiger partial charge in [0.15, 0.2) is 0 Å². The summed E-state index contributed by atoms with van der Waals surface area (Å²) in [4.78, 5) is 0. The first kappa shape index (κ1) is 14.8. The molecule has 1 heterocycles. The largest absolute Gasteiger partial charge is 0.309 e. The molecule has 3 nitrogen and oxygen atoms in total. The molecule has 20 heavy (non-hydrogen) atoms. The third-order valence-corrected chi connectivity index (χ3v) is 3.56. The van der Waals surface area contributed by atoms with E-state index in [9.17, 15) is 0 Å². The van der Waals surface area contributed by atoms with Crippen molar-refractivity contribution >= 4 is 0 Å². The van der Waals surface area contributed by atoms with Gasteiger partial charge in [0.1, 0.15) is 0 Å². The minimum Gasteiger partial charge on any atom is -0.309 e. The lowest BCUT2D eigenvalue weighted by molar-refractivity contribution is 0.458. The molecule has 1 N–H and O–H groups in total. The van der Waals surface area contributed by atoms with Gasteiger partial charge in [-0.25, -0.2) is 0 Å². The van der Waals surface area contributed by atoms with Crippen LogP contribution in [0.1, 0.15) is 44.0 Å². The van der Waals surface area contributed by atoms with E-state index >= 15 is 0 Å². The smallest absolute Gasteiger partial charge is 0.0553 e. The highest BCUT2D eigenvalue weighted by Gasteiger charge is 2.14. The van der Waals surface area contributed by atoms with E-state index in [-0.39, 0.29) is 0 Å². The summed E-state index contributed by atoms with van der Waals surface area (Å²) in [6.07, 6.45) is 5.23. The van der Waals surface area contributed by atoms with Crippen molar-refractivity contribution < 1.29 is 0 Å². The molecule has 3 heteroatoms. The zero-order valence-corrected chi connectivity index (χ0v) is 12.5. The molecule has 2 aromatic rings. The normalized spacial score (nSPS) is 12.5. The molecular formula is C17H25N3. The summed E-state index contributed by atoms with van der Waals surface area (Å²) >= 11 is 0. The Balaban J connectivity index is 2.04. The summed E-state index contributed by atoms with van der Waals surface area (Å²) in [5.74, 6) is 0. The zero-order chi connectivity index (χ0) is 14.2. The van der Waals surface area contributed by atoms with Crippen LogP contribution in [0, 0.1) is 0 Å². The summed E-state index contributed by atoms with van der Waals surface area (Å²) in [7, 11) is 0. The highest BCUT2D eigenvalue weighted by molar-refractivity contribution is 5.16. The molecule has 0 aliphatic heterocycles. The van der Waals surface area contributed by atoms with E-state index in [1.807, 2.05) is 6.20 Å². The fourth-order valence-corrected chi connectivity index (χ4v) is 2.59.